The van der Waals surface area contributed by atoms with Gasteiger partial charge in [-0.05, 0) is 55.7 Å². The van der Waals surface area contributed by atoms with Crippen LogP contribution in [0.4, 0.5) is 5.69 Å². The minimum absolute atomic E-state index is 0.0633. The molecular weight excluding hydrogens is 511 g/mol. The predicted molar refractivity (Wildman–Crippen MR) is 129 cm³/mol. The SMILES string of the molecule is CCOC(=O)c1cc(NC(=O)[C@@H]2CCCN(S(=O)(=O)Cc3ccc(Cl)c(Cl)c3)C2)ccc1Cl. The maximum absolute atomic E-state index is 12.9. The number of hydrogen-bond donors (Lipinski definition) is 1. The Kier molecular flexibility index (Phi) is 8.64. The Balaban J connectivity index is 1.68. The fourth-order valence-corrected chi connectivity index (χ4v) is 5.67. The van der Waals surface area contributed by atoms with Crippen LogP contribution in [0.3, 0.4) is 0 Å². The van der Waals surface area contributed by atoms with Gasteiger partial charge < -0.3 is 10.1 Å². The van der Waals surface area contributed by atoms with E-state index >= 15 is 0 Å². The summed E-state index contributed by atoms with van der Waals surface area (Å²) >= 11 is 18.0. The highest BCUT2D eigenvalue weighted by Crippen LogP contribution is 2.27. The number of nitrogens with zero attached hydrogens (tertiary/aromatic N) is 1. The van der Waals surface area contributed by atoms with Gasteiger partial charge in [0.1, 0.15) is 0 Å². The Morgan fingerprint density at radius 1 is 1.09 bits per heavy atom. The van der Waals surface area contributed by atoms with Crippen molar-refractivity contribution in [3.8, 4) is 0 Å². The zero-order chi connectivity index (χ0) is 24.2. The first-order valence-corrected chi connectivity index (χ1v) is 13.0. The fourth-order valence-electron chi connectivity index (χ4n) is 3.55. The Morgan fingerprint density at radius 3 is 2.52 bits per heavy atom. The maximum atomic E-state index is 12.9. The number of sulfonamides is 1. The molecule has 1 saturated heterocycles. The van der Waals surface area contributed by atoms with Crippen molar-refractivity contribution in [3.05, 3.63) is 62.6 Å². The van der Waals surface area contributed by atoms with Gasteiger partial charge in [0.15, 0.2) is 0 Å². The van der Waals surface area contributed by atoms with Gasteiger partial charge >= 0.3 is 5.97 Å². The third kappa shape index (κ3) is 6.61. The van der Waals surface area contributed by atoms with Crippen molar-refractivity contribution in [2.75, 3.05) is 25.0 Å². The van der Waals surface area contributed by atoms with Gasteiger partial charge in [-0.3, -0.25) is 4.79 Å². The molecule has 7 nitrogen and oxygen atoms in total. The molecule has 33 heavy (non-hydrogen) atoms. The molecule has 178 valence electrons. The molecule has 0 spiro atoms. The average molecular weight is 534 g/mol. The van der Waals surface area contributed by atoms with Crippen LogP contribution in [0.1, 0.15) is 35.7 Å². The number of benzene rings is 2. The number of piperidine rings is 1. The lowest BCUT2D eigenvalue weighted by Crippen LogP contribution is -2.44. The van der Waals surface area contributed by atoms with Crippen LogP contribution in [0.25, 0.3) is 0 Å². The summed E-state index contributed by atoms with van der Waals surface area (Å²) in [7, 11) is -3.66. The van der Waals surface area contributed by atoms with Crippen molar-refractivity contribution in [2.45, 2.75) is 25.5 Å². The highest BCUT2D eigenvalue weighted by molar-refractivity contribution is 7.88. The first kappa shape index (κ1) is 25.8. The number of rotatable bonds is 7. The van der Waals surface area contributed by atoms with Crippen LogP contribution >= 0.6 is 34.8 Å². The van der Waals surface area contributed by atoms with E-state index in [0.717, 1.165) is 0 Å². The number of halogens is 3. The molecule has 0 bridgehead atoms. The number of amides is 1. The van der Waals surface area contributed by atoms with E-state index in [1.807, 2.05) is 0 Å². The molecule has 1 aliphatic heterocycles. The Labute approximate surface area is 208 Å². The molecule has 0 saturated carbocycles. The van der Waals surface area contributed by atoms with E-state index in [4.69, 9.17) is 39.5 Å². The lowest BCUT2D eigenvalue weighted by atomic mass is 9.98. The van der Waals surface area contributed by atoms with Gasteiger partial charge in [0.2, 0.25) is 15.9 Å². The molecule has 2 aromatic carbocycles. The third-order valence-corrected chi connectivity index (χ3v) is 8.10. The van der Waals surface area contributed by atoms with Crippen molar-refractivity contribution in [1.29, 1.82) is 0 Å². The fraction of sp³-hybridized carbons (Fsp3) is 0.364. The summed E-state index contributed by atoms with van der Waals surface area (Å²) in [5, 5.41) is 3.60. The molecule has 2 aromatic rings. The Morgan fingerprint density at radius 2 is 1.82 bits per heavy atom. The van der Waals surface area contributed by atoms with E-state index < -0.39 is 21.9 Å². The normalized spacial score (nSPS) is 16.9. The highest BCUT2D eigenvalue weighted by atomic mass is 35.5. The number of nitrogens with one attached hydrogen (secondary N) is 1. The topological polar surface area (TPSA) is 92.8 Å². The minimum atomic E-state index is -3.66. The molecular formula is C22H23Cl3N2O5S. The molecule has 1 amide bonds. The number of ether oxygens (including phenoxy) is 1. The van der Waals surface area contributed by atoms with Gasteiger partial charge in [0.05, 0.1) is 38.9 Å². The van der Waals surface area contributed by atoms with Gasteiger partial charge in [-0.15, -0.1) is 0 Å². The molecule has 1 fully saturated rings. The van der Waals surface area contributed by atoms with Crippen molar-refractivity contribution < 1.29 is 22.7 Å². The lowest BCUT2D eigenvalue weighted by Gasteiger charge is -2.31. The summed E-state index contributed by atoms with van der Waals surface area (Å²) in [5.41, 5.74) is 1.04. The summed E-state index contributed by atoms with van der Waals surface area (Å²) in [6.07, 6.45) is 1.09. The number of carbonyl (C=O) groups is 2. The van der Waals surface area contributed by atoms with Gasteiger partial charge in [-0.2, -0.15) is 0 Å². The van der Waals surface area contributed by atoms with Crippen LogP contribution in [0, 0.1) is 5.92 Å². The smallest absolute Gasteiger partial charge is 0.339 e. The van der Waals surface area contributed by atoms with E-state index in [-0.39, 0.29) is 40.4 Å². The van der Waals surface area contributed by atoms with E-state index in [1.165, 1.54) is 22.5 Å². The van der Waals surface area contributed by atoms with Gasteiger partial charge in [0.25, 0.3) is 0 Å². The minimum Gasteiger partial charge on any atom is -0.462 e. The molecule has 3 rings (SSSR count). The van der Waals surface area contributed by atoms with Crippen LogP contribution in [0.15, 0.2) is 36.4 Å². The molecule has 1 N–H and O–H groups in total. The van der Waals surface area contributed by atoms with E-state index in [2.05, 4.69) is 5.32 Å². The Hall–Kier alpha value is -1.84. The summed E-state index contributed by atoms with van der Waals surface area (Å²) < 4.78 is 32.2. The molecule has 11 heteroatoms. The Bertz CT molecular complexity index is 1160. The van der Waals surface area contributed by atoms with Crippen molar-refractivity contribution in [3.63, 3.8) is 0 Å². The second-order valence-corrected chi connectivity index (χ2v) is 10.8. The third-order valence-electron chi connectivity index (χ3n) is 5.21. The molecule has 0 aromatic heterocycles. The molecule has 1 atom stereocenters. The van der Waals surface area contributed by atoms with Gasteiger partial charge in [-0.1, -0.05) is 40.9 Å². The zero-order valence-electron chi connectivity index (χ0n) is 17.8. The van der Waals surface area contributed by atoms with E-state index in [9.17, 15) is 18.0 Å². The number of anilines is 1. The van der Waals surface area contributed by atoms with Gasteiger partial charge in [0, 0.05) is 18.8 Å². The monoisotopic (exact) mass is 532 g/mol. The van der Waals surface area contributed by atoms with Crippen LogP contribution in [0.2, 0.25) is 15.1 Å². The predicted octanol–water partition coefficient (Wildman–Crippen LogP) is 5.00. The van der Waals surface area contributed by atoms with Crippen LogP contribution in [-0.2, 0) is 25.3 Å². The van der Waals surface area contributed by atoms with Crippen LogP contribution in [0.5, 0.6) is 0 Å². The quantitative estimate of drug-likeness (QED) is 0.505. The molecule has 1 heterocycles. The highest BCUT2D eigenvalue weighted by Gasteiger charge is 2.32. The summed E-state index contributed by atoms with van der Waals surface area (Å²) in [4.78, 5) is 24.9. The average Bonchev–Trinajstić information content (AvgIpc) is 2.77. The number of esters is 1. The van der Waals surface area contributed by atoms with Crippen LogP contribution < -0.4 is 5.32 Å². The summed E-state index contributed by atoms with van der Waals surface area (Å²) in [5.74, 6) is -1.69. The van der Waals surface area contributed by atoms with Crippen molar-refractivity contribution in [2.24, 2.45) is 5.92 Å². The maximum Gasteiger partial charge on any atom is 0.339 e. The van der Waals surface area contributed by atoms with E-state index in [0.29, 0.717) is 35.7 Å². The second kappa shape index (κ2) is 11.1. The number of carbonyl (C=O) groups excluding carboxylic acids is 2. The van der Waals surface area contributed by atoms with Crippen molar-refractivity contribution in [1.82, 2.24) is 4.31 Å². The van der Waals surface area contributed by atoms with Crippen LogP contribution in [-0.4, -0.2) is 44.3 Å². The molecule has 0 radical (unpaired) electrons. The van der Waals surface area contributed by atoms with Gasteiger partial charge in [-0.25, -0.2) is 17.5 Å². The lowest BCUT2D eigenvalue weighted by molar-refractivity contribution is -0.120. The van der Waals surface area contributed by atoms with E-state index in [1.54, 1.807) is 25.1 Å². The summed E-state index contributed by atoms with van der Waals surface area (Å²) in [6, 6.07) is 9.21. The number of hydrogen-bond acceptors (Lipinski definition) is 5. The first-order valence-electron chi connectivity index (χ1n) is 10.3. The standard InChI is InChI=1S/C22H23Cl3N2O5S/c1-2-32-22(29)17-11-16(6-8-18(17)23)26-21(28)15-4-3-9-27(12-15)33(30,31)13-14-5-7-19(24)20(25)10-14/h5-8,10-11,15H,2-4,9,12-13H2,1H3,(H,26,28)/t15-/m1/s1. The summed E-state index contributed by atoms with van der Waals surface area (Å²) in [6.45, 7) is 2.28. The molecule has 0 unspecified atom stereocenters. The largest absolute Gasteiger partial charge is 0.462 e. The first-order chi connectivity index (χ1) is 15.6. The molecule has 1 aliphatic rings. The van der Waals surface area contributed by atoms with Crippen molar-refractivity contribution >= 4 is 62.4 Å². The second-order valence-electron chi connectivity index (χ2n) is 7.61. The zero-order valence-corrected chi connectivity index (χ0v) is 20.9. The molecule has 0 aliphatic carbocycles.